The number of phenolic OH excluding ortho intramolecular Hbond substituents is 2. The number of amides is 2. The zero-order valence-electron chi connectivity index (χ0n) is 34.4. The number of nitrogens with one attached hydrogen (secondary N) is 2. The lowest BCUT2D eigenvalue weighted by atomic mass is 10.1. The molecular formula is C48H42N8O8. The summed E-state index contributed by atoms with van der Waals surface area (Å²) in [4.78, 5) is 74.8. The summed E-state index contributed by atoms with van der Waals surface area (Å²) in [5.74, 6) is -1.67. The van der Waals surface area contributed by atoms with Crippen molar-refractivity contribution in [2.75, 3.05) is 13.1 Å². The summed E-state index contributed by atoms with van der Waals surface area (Å²) in [6.45, 7) is 1.77. The number of pyridine rings is 4. The second kappa shape index (κ2) is 19.7. The highest BCUT2D eigenvalue weighted by Gasteiger charge is 2.22. The fourth-order valence-corrected chi connectivity index (χ4v) is 7.29. The third kappa shape index (κ3) is 10.3. The highest BCUT2D eigenvalue weighted by atomic mass is 16.4. The third-order valence-electron chi connectivity index (χ3n) is 10.4. The highest BCUT2D eigenvalue weighted by molar-refractivity contribution is 5.98. The van der Waals surface area contributed by atoms with E-state index < -0.39 is 23.1 Å². The van der Waals surface area contributed by atoms with E-state index in [2.05, 4.69) is 30.6 Å². The lowest BCUT2D eigenvalue weighted by molar-refractivity contribution is 0.0924. The number of hydrogen-bond donors (Lipinski definition) is 4. The van der Waals surface area contributed by atoms with Crippen molar-refractivity contribution in [2.24, 2.45) is 0 Å². The van der Waals surface area contributed by atoms with Gasteiger partial charge in [0.05, 0.1) is 33.9 Å². The molecule has 0 saturated heterocycles. The number of fused-ring (bicyclic) bond motifs is 2. The third-order valence-corrected chi connectivity index (χ3v) is 10.4. The normalized spacial score (nSPS) is 11.3. The van der Waals surface area contributed by atoms with Gasteiger partial charge in [-0.25, -0.2) is 9.59 Å². The van der Waals surface area contributed by atoms with Gasteiger partial charge in [-0.3, -0.25) is 39.3 Å². The van der Waals surface area contributed by atoms with E-state index in [-0.39, 0.29) is 60.0 Å². The van der Waals surface area contributed by atoms with E-state index in [4.69, 9.17) is 8.83 Å². The molecule has 322 valence electrons. The fraction of sp³-hybridized carbons (Fsp3) is 0.167. The zero-order chi connectivity index (χ0) is 44.4. The van der Waals surface area contributed by atoms with E-state index in [0.29, 0.717) is 48.1 Å². The minimum Gasteiger partial charge on any atom is -0.507 e. The first kappa shape index (κ1) is 42.6. The van der Waals surface area contributed by atoms with Crippen molar-refractivity contribution in [1.82, 2.24) is 40.4 Å². The minimum atomic E-state index is -0.919. The summed E-state index contributed by atoms with van der Waals surface area (Å²) in [6, 6.07) is 31.2. The molecule has 2 aromatic carbocycles. The molecule has 0 aliphatic carbocycles. The lowest BCUT2D eigenvalue weighted by Gasteiger charge is -2.22. The van der Waals surface area contributed by atoms with E-state index in [1.165, 1.54) is 24.3 Å². The largest absolute Gasteiger partial charge is 0.507 e. The molecule has 0 saturated carbocycles. The second-order valence-corrected chi connectivity index (χ2v) is 14.9. The van der Waals surface area contributed by atoms with Crippen LogP contribution in [-0.4, -0.2) is 64.9 Å². The molecule has 6 aromatic heterocycles. The van der Waals surface area contributed by atoms with Crippen LogP contribution in [0, 0.1) is 0 Å². The Morgan fingerprint density at radius 3 is 1.14 bits per heavy atom. The number of hydrogen-bond acceptors (Lipinski definition) is 14. The maximum absolute atomic E-state index is 13.3. The van der Waals surface area contributed by atoms with Gasteiger partial charge in [0.25, 0.3) is 11.8 Å². The Labute approximate surface area is 365 Å². The summed E-state index contributed by atoms with van der Waals surface area (Å²) >= 11 is 0. The number of aromatic nitrogens is 4. The molecule has 4 N–H and O–H groups in total. The van der Waals surface area contributed by atoms with Gasteiger partial charge in [0.2, 0.25) is 0 Å². The van der Waals surface area contributed by atoms with Crippen LogP contribution in [0.5, 0.6) is 11.5 Å². The fourth-order valence-electron chi connectivity index (χ4n) is 7.29. The molecule has 0 unspecified atom stereocenters. The Bertz CT molecular complexity index is 2740. The molecule has 0 radical (unpaired) electrons. The van der Waals surface area contributed by atoms with Gasteiger partial charge in [0, 0.05) is 87.9 Å². The van der Waals surface area contributed by atoms with Gasteiger partial charge in [0.1, 0.15) is 33.8 Å². The molecule has 0 bridgehead atoms. The number of benzene rings is 2. The molecule has 64 heavy (non-hydrogen) atoms. The van der Waals surface area contributed by atoms with Gasteiger partial charge in [-0.2, -0.15) is 0 Å². The first-order chi connectivity index (χ1) is 31.2. The number of carbonyl (C=O) groups is 2. The van der Waals surface area contributed by atoms with Crippen LogP contribution in [0.1, 0.15) is 54.6 Å². The average molecular weight is 859 g/mol. The Morgan fingerprint density at radius 1 is 0.484 bits per heavy atom. The predicted molar refractivity (Wildman–Crippen MR) is 236 cm³/mol. The van der Waals surface area contributed by atoms with E-state index in [0.717, 1.165) is 22.8 Å². The molecule has 16 nitrogen and oxygen atoms in total. The molecule has 8 rings (SSSR count). The first-order valence-corrected chi connectivity index (χ1v) is 20.4. The van der Waals surface area contributed by atoms with E-state index in [1.54, 1.807) is 36.9 Å². The summed E-state index contributed by atoms with van der Waals surface area (Å²) in [5.41, 5.74) is 1.74. The van der Waals surface area contributed by atoms with Crippen molar-refractivity contribution in [1.29, 1.82) is 0 Å². The van der Waals surface area contributed by atoms with Crippen molar-refractivity contribution in [3.8, 4) is 11.5 Å². The van der Waals surface area contributed by atoms with Gasteiger partial charge < -0.3 is 29.7 Å². The predicted octanol–water partition coefficient (Wildman–Crippen LogP) is 5.46. The molecule has 0 aliphatic heterocycles. The highest BCUT2D eigenvalue weighted by Crippen LogP contribution is 2.31. The smallest absolute Gasteiger partial charge is 0.349 e. The van der Waals surface area contributed by atoms with E-state index >= 15 is 0 Å². The van der Waals surface area contributed by atoms with Gasteiger partial charge >= 0.3 is 11.3 Å². The summed E-state index contributed by atoms with van der Waals surface area (Å²) in [7, 11) is 0. The molecular weight excluding hydrogens is 817 g/mol. The molecule has 16 heteroatoms. The van der Waals surface area contributed by atoms with Crippen molar-refractivity contribution in [3.05, 3.63) is 200 Å². The van der Waals surface area contributed by atoms with Crippen LogP contribution in [0.3, 0.4) is 0 Å². The van der Waals surface area contributed by atoms with E-state index in [1.807, 2.05) is 82.6 Å². The quantitative estimate of drug-likeness (QED) is 0.0661. The average Bonchev–Trinajstić information content (AvgIpc) is 3.30. The standard InChI is InChI=1S/C48H42N8O8/c57-41-15-13-31-23-37(47(61)63-43(31)39(41)29-55(25-33-9-1-5-17-49-33)26-34-10-2-6-18-50-34)45(59)53-21-22-54-46(60)38-24-32-14-16-42(58)40(44(32)64-48(38)62)30-56(27-35-11-3-7-19-51-35)28-36-12-4-8-20-52-36/h1-20,23-24,57-58H,21-22,25-30H2,(H,53,59)(H,54,60). The number of phenols is 2. The Morgan fingerprint density at radius 2 is 0.828 bits per heavy atom. The Balaban J connectivity index is 0.929. The van der Waals surface area contributed by atoms with E-state index in [9.17, 15) is 29.4 Å². The van der Waals surface area contributed by atoms with Crippen molar-refractivity contribution in [2.45, 2.75) is 39.3 Å². The summed E-state index contributed by atoms with van der Waals surface area (Å²) in [5, 5.41) is 28.0. The molecule has 0 atom stereocenters. The Hall–Kier alpha value is -8.08. The van der Waals surface area contributed by atoms with Crippen LogP contribution in [0.25, 0.3) is 21.9 Å². The molecule has 0 spiro atoms. The first-order valence-electron chi connectivity index (χ1n) is 20.4. The maximum atomic E-state index is 13.3. The van der Waals surface area contributed by atoms with Crippen LogP contribution in [-0.2, 0) is 39.3 Å². The van der Waals surface area contributed by atoms with Gasteiger partial charge in [0.15, 0.2) is 0 Å². The van der Waals surface area contributed by atoms with Crippen LogP contribution in [0.2, 0.25) is 0 Å². The number of aromatic hydroxyl groups is 2. The van der Waals surface area contributed by atoms with Crippen LogP contribution < -0.4 is 21.9 Å². The molecule has 8 aromatic rings. The summed E-state index contributed by atoms with van der Waals surface area (Å²) < 4.78 is 11.4. The SMILES string of the molecule is O=C(NCCNC(=O)c1cc2ccc(O)c(CN(Cc3ccccn3)Cc3ccccn3)c2oc1=O)c1cc2ccc(O)c(CN(Cc3ccccn3)Cc3ccccn3)c2oc1=O. The van der Waals surface area contributed by atoms with Gasteiger partial charge in [-0.1, -0.05) is 24.3 Å². The maximum Gasteiger partial charge on any atom is 0.349 e. The van der Waals surface area contributed by atoms with Crippen molar-refractivity contribution in [3.63, 3.8) is 0 Å². The Kier molecular flexibility index (Phi) is 13.1. The van der Waals surface area contributed by atoms with Gasteiger partial charge in [-0.15, -0.1) is 0 Å². The topological polar surface area (TPSA) is 217 Å². The van der Waals surface area contributed by atoms with Crippen LogP contribution in [0.4, 0.5) is 0 Å². The van der Waals surface area contributed by atoms with Gasteiger partial charge in [-0.05, 0) is 84.9 Å². The minimum absolute atomic E-state index is 0.0884. The van der Waals surface area contributed by atoms with Crippen molar-refractivity contribution < 1.29 is 28.6 Å². The number of rotatable bonds is 17. The van der Waals surface area contributed by atoms with Crippen LogP contribution >= 0.6 is 0 Å². The number of nitrogens with zero attached hydrogens (tertiary/aromatic N) is 6. The molecule has 0 aliphatic rings. The number of carbonyl (C=O) groups excluding carboxylic acids is 2. The molecule has 0 fully saturated rings. The zero-order valence-corrected chi connectivity index (χ0v) is 34.4. The lowest BCUT2D eigenvalue weighted by Crippen LogP contribution is -2.37. The van der Waals surface area contributed by atoms with Crippen molar-refractivity contribution >= 4 is 33.8 Å². The molecule has 6 heterocycles. The monoisotopic (exact) mass is 858 g/mol. The summed E-state index contributed by atoms with van der Waals surface area (Å²) in [6.07, 6.45) is 6.78. The molecule has 2 amide bonds. The van der Waals surface area contributed by atoms with Crippen LogP contribution in [0.15, 0.2) is 152 Å². The second-order valence-electron chi connectivity index (χ2n) is 14.9.